The first-order chi connectivity index (χ1) is 11.1. The van der Waals surface area contributed by atoms with Crippen LogP contribution in [0.25, 0.3) is 0 Å². The molecule has 1 heterocycles. The van der Waals surface area contributed by atoms with Crippen molar-refractivity contribution in [2.75, 3.05) is 13.1 Å². The van der Waals surface area contributed by atoms with Gasteiger partial charge in [-0.2, -0.15) is 0 Å². The fourth-order valence-corrected chi connectivity index (χ4v) is 3.58. The van der Waals surface area contributed by atoms with Crippen LogP contribution in [0.3, 0.4) is 0 Å². The molecule has 0 fully saturated rings. The van der Waals surface area contributed by atoms with E-state index in [2.05, 4.69) is 33.1 Å². The summed E-state index contributed by atoms with van der Waals surface area (Å²) in [4.78, 5) is 18.9. The molecule has 0 bridgehead atoms. The normalized spacial score (nSPS) is 14.0. The van der Waals surface area contributed by atoms with E-state index < -0.39 is 0 Å². The molecular weight excluding hydrogens is 372 g/mol. The van der Waals surface area contributed by atoms with Gasteiger partial charge in [-0.3, -0.25) is 14.7 Å². The molecular formula is C18H17BrN2OS. The molecule has 0 saturated carbocycles. The summed E-state index contributed by atoms with van der Waals surface area (Å²) in [5.74, 6) is 0.841. The molecule has 0 aliphatic carbocycles. The Morgan fingerprint density at radius 3 is 2.57 bits per heavy atom. The van der Waals surface area contributed by atoms with Crippen molar-refractivity contribution >= 4 is 38.8 Å². The predicted octanol–water partition coefficient (Wildman–Crippen LogP) is 4.50. The van der Waals surface area contributed by atoms with Crippen molar-refractivity contribution < 1.29 is 4.79 Å². The molecule has 0 radical (unpaired) electrons. The highest BCUT2D eigenvalue weighted by molar-refractivity contribution is 9.10. The number of aryl methyl sites for hydroxylation is 1. The number of carbonyl (C=O) groups is 1. The van der Waals surface area contributed by atoms with Crippen molar-refractivity contribution in [3.63, 3.8) is 0 Å². The van der Waals surface area contributed by atoms with Crippen molar-refractivity contribution in [3.8, 4) is 0 Å². The maximum Gasteiger partial charge on any atom is 0.259 e. The van der Waals surface area contributed by atoms with Gasteiger partial charge in [-0.05, 0) is 36.8 Å². The quantitative estimate of drug-likeness (QED) is 0.774. The minimum Gasteiger partial charge on any atom is -0.286 e. The predicted molar refractivity (Wildman–Crippen MR) is 100.0 cm³/mol. The Bertz CT molecular complexity index is 726. The van der Waals surface area contributed by atoms with Crippen LogP contribution in [0, 0.1) is 6.92 Å². The second kappa shape index (κ2) is 7.32. The summed E-state index contributed by atoms with van der Waals surface area (Å²) in [6, 6.07) is 15.9. The van der Waals surface area contributed by atoms with Crippen LogP contribution >= 0.6 is 27.7 Å². The zero-order chi connectivity index (χ0) is 16.2. The summed E-state index contributed by atoms with van der Waals surface area (Å²) in [5, 5.41) is 0.818. The molecule has 0 aromatic heterocycles. The SMILES string of the molecule is Cc1ccc(C(=O)N2CCN=C2SCc2ccc(Br)cc2)cc1. The van der Waals surface area contributed by atoms with Gasteiger partial charge < -0.3 is 0 Å². The molecule has 0 atom stereocenters. The highest BCUT2D eigenvalue weighted by Gasteiger charge is 2.24. The molecule has 0 N–H and O–H groups in total. The lowest BCUT2D eigenvalue weighted by Crippen LogP contribution is -2.32. The monoisotopic (exact) mass is 388 g/mol. The molecule has 1 aliphatic rings. The number of amides is 1. The molecule has 0 unspecified atom stereocenters. The second-order valence-electron chi connectivity index (χ2n) is 5.40. The maximum absolute atomic E-state index is 12.7. The minimum atomic E-state index is 0.0320. The number of aliphatic imine (C=N–C) groups is 1. The van der Waals surface area contributed by atoms with Crippen molar-refractivity contribution in [3.05, 3.63) is 69.7 Å². The van der Waals surface area contributed by atoms with Crippen molar-refractivity contribution in [1.82, 2.24) is 4.90 Å². The van der Waals surface area contributed by atoms with E-state index in [4.69, 9.17) is 0 Å². The van der Waals surface area contributed by atoms with E-state index in [0.29, 0.717) is 13.1 Å². The van der Waals surface area contributed by atoms with Gasteiger partial charge in [0.15, 0.2) is 5.17 Å². The number of amidine groups is 1. The van der Waals surface area contributed by atoms with E-state index in [0.717, 1.165) is 26.5 Å². The van der Waals surface area contributed by atoms with Crippen LogP contribution in [-0.4, -0.2) is 29.1 Å². The maximum atomic E-state index is 12.7. The van der Waals surface area contributed by atoms with E-state index in [1.807, 2.05) is 43.3 Å². The van der Waals surface area contributed by atoms with Crippen LogP contribution in [0.4, 0.5) is 0 Å². The number of benzene rings is 2. The molecule has 1 aliphatic heterocycles. The number of thioether (sulfide) groups is 1. The Hall–Kier alpha value is -1.59. The van der Waals surface area contributed by atoms with Gasteiger partial charge >= 0.3 is 0 Å². The Morgan fingerprint density at radius 2 is 1.87 bits per heavy atom. The molecule has 0 spiro atoms. The summed E-state index contributed by atoms with van der Waals surface area (Å²) in [7, 11) is 0. The van der Waals surface area contributed by atoms with E-state index in [-0.39, 0.29) is 5.91 Å². The Morgan fingerprint density at radius 1 is 1.17 bits per heavy atom. The fourth-order valence-electron chi connectivity index (χ4n) is 2.32. The van der Waals surface area contributed by atoms with Gasteiger partial charge in [0.1, 0.15) is 0 Å². The smallest absolute Gasteiger partial charge is 0.259 e. The van der Waals surface area contributed by atoms with Crippen LogP contribution in [0.1, 0.15) is 21.5 Å². The molecule has 5 heteroatoms. The topological polar surface area (TPSA) is 32.7 Å². The van der Waals surface area contributed by atoms with Crippen molar-refractivity contribution in [1.29, 1.82) is 0 Å². The third kappa shape index (κ3) is 4.03. The largest absolute Gasteiger partial charge is 0.286 e. The number of nitrogens with zero attached hydrogens (tertiary/aromatic N) is 2. The molecule has 3 nitrogen and oxygen atoms in total. The van der Waals surface area contributed by atoms with Crippen LogP contribution < -0.4 is 0 Å². The van der Waals surface area contributed by atoms with Gasteiger partial charge in [0, 0.05) is 22.3 Å². The number of carbonyl (C=O) groups excluding carboxylic acids is 1. The lowest BCUT2D eigenvalue weighted by molar-refractivity contribution is 0.0860. The Balaban J connectivity index is 1.66. The Labute approximate surface area is 148 Å². The molecule has 0 saturated heterocycles. The zero-order valence-electron chi connectivity index (χ0n) is 12.8. The highest BCUT2D eigenvalue weighted by Crippen LogP contribution is 2.22. The zero-order valence-corrected chi connectivity index (χ0v) is 15.2. The summed E-state index contributed by atoms with van der Waals surface area (Å²) in [5.41, 5.74) is 3.09. The number of hydrogen-bond acceptors (Lipinski definition) is 3. The standard InChI is InChI=1S/C18H17BrN2OS/c1-13-2-6-15(7-3-13)17(22)21-11-10-20-18(21)23-12-14-4-8-16(19)9-5-14/h2-9H,10-12H2,1H3. The molecule has 118 valence electrons. The fraction of sp³-hybridized carbons (Fsp3) is 0.222. The van der Waals surface area contributed by atoms with Gasteiger partial charge in [-0.15, -0.1) is 0 Å². The average Bonchev–Trinajstić information content (AvgIpc) is 3.03. The molecule has 3 rings (SSSR count). The first-order valence-corrected chi connectivity index (χ1v) is 9.21. The molecule has 2 aromatic rings. The summed E-state index contributed by atoms with van der Waals surface area (Å²) >= 11 is 5.06. The van der Waals surface area contributed by atoms with Gasteiger partial charge in [-0.1, -0.05) is 57.5 Å². The van der Waals surface area contributed by atoms with E-state index >= 15 is 0 Å². The number of halogens is 1. The minimum absolute atomic E-state index is 0.0320. The first kappa shape index (κ1) is 16.3. The second-order valence-corrected chi connectivity index (χ2v) is 7.26. The Kier molecular flexibility index (Phi) is 5.18. The van der Waals surface area contributed by atoms with Crippen molar-refractivity contribution in [2.45, 2.75) is 12.7 Å². The van der Waals surface area contributed by atoms with Crippen LogP contribution in [-0.2, 0) is 5.75 Å². The third-order valence-electron chi connectivity index (χ3n) is 3.63. The van der Waals surface area contributed by atoms with Gasteiger partial charge in [0.2, 0.25) is 0 Å². The number of hydrogen-bond donors (Lipinski definition) is 0. The van der Waals surface area contributed by atoms with Crippen molar-refractivity contribution in [2.24, 2.45) is 4.99 Å². The average molecular weight is 389 g/mol. The summed E-state index contributed by atoms with van der Waals surface area (Å²) in [6.07, 6.45) is 0. The molecule has 2 aromatic carbocycles. The van der Waals surface area contributed by atoms with E-state index in [9.17, 15) is 4.79 Å². The molecule has 23 heavy (non-hydrogen) atoms. The van der Waals surface area contributed by atoms with E-state index in [1.165, 1.54) is 5.56 Å². The first-order valence-electron chi connectivity index (χ1n) is 7.44. The number of rotatable bonds is 3. The lowest BCUT2D eigenvalue weighted by atomic mass is 10.1. The van der Waals surface area contributed by atoms with Crippen LogP contribution in [0.2, 0.25) is 0 Å². The van der Waals surface area contributed by atoms with E-state index in [1.54, 1.807) is 16.7 Å². The summed E-state index contributed by atoms with van der Waals surface area (Å²) < 4.78 is 1.07. The summed E-state index contributed by atoms with van der Waals surface area (Å²) in [6.45, 7) is 3.36. The highest BCUT2D eigenvalue weighted by atomic mass is 79.9. The molecule has 1 amide bonds. The van der Waals surface area contributed by atoms with Crippen LogP contribution in [0.15, 0.2) is 58.0 Å². The van der Waals surface area contributed by atoms with Crippen LogP contribution in [0.5, 0.6) is 0 Å². The third-order valence-corrected chi connectivity index (χ3v) is 5.24. The van der Waals surface area contributed by atoms with Gasteiger partial charge in [0.25, 0.3) is 5.91 Å². The lowest BCUT2D eigenvalue weighted by Gasteiger charge is -2.18. The van der Waals surface area contributed by atoms with Gasteiger partial charge in [-0.25, -0.2) is 0 Å². The van der Waals surface area contributed by atoms with Gasteiger partial charge in [0.05, 0.1) is 6.54 Å².